The van der Waals surface area contributed by atoms with Gasteiger partial charge < -0.3 is 16.0 Å². The Morgan fingerprint density at radius 3 is 2.48 bits per heavy atom. The molecule has 1 aromatic carbocycles. The molecule has 1 aliphatic carbocycles. The molecule has 7 heteroatoms. The molecule has 142 valence electrons. The lowest BCUT2D eigenvalue weighted by molar-refractivity contribution is -0.121. The minimum Gasteiger partial charge on any atom is -0.352 e. The van der Waals surface area contributed by atoms with Crippen molar-refractivity contribution in [2.45, 2.75) is 32.2 Å². The summed E-state index contributed by atoms with van der Waals surface area (Å²) in [4.78, 5) is 35.4. The van der Waals surface area contributed by atoms with Gasteiger partial charge in [-0.05, 0) is 48.4 Å². The van der Waals surface area contributed by atoms with E-state index >= 15 is 0 Å². The molecule has 0 unspecified atom stereocenters. The van der Waals surface area contributed by atoms with Crippen molar-refractivity contribution in [1.82, 2.24) is 10.6 Å². The van der Waals surface area contributed by atoms with Crippen LogP contribution in [0.15, 0.2) is 41.1 Å². The van der Waals surface area contributed by atoms with E-state index in [0.29, 0.717) is 31.5 Å². The molecular formula is C20H23N3O3S. The van der Waals surface area contributed by atoms with E-state index in [4.69, 9.17) is 0 Å². The van der Waals surface area contributed by atoms with Crippen LogP contribution in [-0.4, -0.2) is 24.3 Å². The fourth-order valence-electron chi connectivity index (χ4n) is 2.53. The molecular weight excluding hydrogens is 362 g/mol. The second kappa shape index (κ2) is 9.32. The highest BCUT2D eigenvalue weighted by atomic mass is 32.1. The van der Waals surface area contributed by atoms with Crippen molar-refractivity contribution in [3.63, 3.8) is 0 Å². The van der Waals surface area contributed by atoms with Gasteiger partial charge in [0.25, 0.3) is 5.91 Å². The lowest BCUT2D eigenvalue weighted by Gasteiger charge is -2.08. The third-order valence-electron chi connectivity index (χ3n) is 4.31. The maximum atomic E-state index is 11.9. The Labute approximate surface area is 162 Å². The Hall–Kier alpha value is -2.67. The summed E-state index contributed by atoms with van der Waals surface area (Å²) < 4.78 is 0. The number of amides is 3. The standard InChI is InChI=1S/C20H23N3O3S/c24-18(2-1-10-21-19(25)16-9-11-27-13-16)22-12-14-3-7-17(8-4-14)23-20(26)15-5-6-15/h3-4,7-9,11,13,15H,1-2,5-6,10,12H2,(H,21,25)(H,22,24)(H,23,26). The van der Waals surface area contributed by atoms with Crippen LogP contribution in [0.25, 0.3) is 0 Å². The van der Waals surface area contributed by atoms with Crippen LogP contribution in [0.1, 0.15) is 41.6 Å². The lowest BCUT2D eigenvalue weighted by Crippen LogP contribution is -2.27. The second-order valence-corrected chi connectivity index (χ2v) is 7.39. The molecule has 0 radical (unpaired) electrons. The first-order chi connectivity index (χ1) is 13.1. The molecule has 6 nitrogen and oxygen atoms in total. The molecule has 0 bridgehead atoms. The molecule has 0 aliphatic heterocycles. The molecule has 1 saturated carbocycles. The highest BCUT2D eigenvalue weighted by molar-refractivity contribution is 7.08. The highest BCUT2D eigenvalue weighted by Gasteiger charge is 2.29. The minimum absolute atomic E-state index is 0.0501. The molecule has 1 aromatic heterocycles. The van der Waals surface area contributed by atoms with Crippen molar-refractivity contribution in [3.8, 4) is 0 Å². The van der Waals surface area contributed by atoms with Crippen LogP contribution >= 0.6 is 11.3 Å². The number of carbonyl (C=O) groups excluding carboxylic acids is 3. The summed E-state index contributed by atoms with van der Waals surface area (Å²) in [6, 6.07) is 9.26. The SMILES string of the molecule is O=C(CCCNC(=O)c1ccsc1)NCc1ccc(NC(=O)C2CC2)cc1. The van der Waals surface area contributed by atoms with Crippen molar-refractivity contribution in [3.05, 3.63) is 52.2 Å². The van der Waals surface area contributed by atoms with Crippen molar-refractivity contribution in [2.24, 2.45) is 5.92 Å². The molecule has 1 aliphatic rings. The quantitative estimate of drug-likeness (QED) is 0.580. The highest BCUT2D eigenvalue weighted by Crippen LogP contribution is 2.30. The monoisotopic (exact) mass is 385 g/mol. The zero-order valence-corrected chi connectivity index (χ0v) is 15.8. The van der Waals surface area contributed by atoms with Gasteiger partial charge in [-0.3, -0.25) is 14.4 Å². The van der Waals surface area contributed by atoms with Gasteiger partial charge in [-0.25, -0.2) is 0 Å². The van der Waals surface area contributed by atoms with Gasteiger partial charge in [-0.2, -0.15) is 11.3 Å². The van der Waals surface area contributed by atoms with E-state index in [1.165, 1.54) is 11.3 Å². The van der Waals surface area contributed by atoms with Crippen LogP contribution in [0.2, 0.25) is 0 Å². The summed E-state index contributed by atoms with van der Waals surface area (Å²) in [6.45, 7) is 0.911. The minimum atomic E-state index is -0.106. The summed E-state index contributed by atoms with van der Waals surface area (Å²) in [5.41, 5.74) is 2.41. The maximum absolute atomic E-state index is 11.9. The number of thiophene rings is 1. The first kappa shape index (κ1) is 19.1. The van der Waals surface area contributed by atoms with E-state index in [1.807, 2.05) is 29.6 Å². The summed E-state index contributed by atoms with van der Waals surface area (Å²) in [5.74, 6) is 0.109. The predicted molar refractivity (Wildman–Crippen MR) is 106 cm³/mol. The average molecular weight is 385 g/mol. The fourth-order valence-corrected chi connectivity index (χ4v) is 3.17. The Morgan fingerprint density at radius 2 is 1.81 bits per heavy atom. The van der Waals surface area contributed by atoms with Crippen LogP contribution in [0, 0.1) is 5.92 Å². The van der Waals surface area contributed by atoms with Gasteiger partial charge in [0.15, 0.2) is 0 Å². The largest absolute Gasteiger partial charge is 0.352 e. The van der Waals surface area contributed by atoms with Gasteiger partial charge in [0.05, 0.1) is 0 Å². The Morgan fingerprint density at radius 1 is 1.04 bits per heavy atom. The van der Waals surface area contributed by atoms with Gasteiger partial charge >= 0.3 is 0 Å². The normalized spacial score (nSPS) is 13.0. The summed E-state index contributed by atoms with van der Waals surface area (Å²) in [6.07, 6.45) is 2.91. The average Bonchev–Trinajstić information content (AvgIpc) is 3.39. The lowest BCUT2D eigenvalue weighted by atomic mass is 10.2. The zero-order valence-electron chi connectivity index (χ0n) is 15.0. The Kier molecular flexibility index (Phi) is 6.59. The third-order valence-corrected chi connectivity index (χ3v) is 4.99. The van der Waals surface area contributed by atoms with Crippen LogP contribution in [0.3, 0.4) is 0 Å². The van der Waals surface area contributed by atoms with Crippen LogP contribution in [-0.2, 0) is 16.1 Å². The van der Waals surface area contributed by atoms with Crippen molar-refractivity contribution < 1.29 is 14.4 Å². The zero-order chi connectivity index (χ0) is 19.1. The number of rotatable bonds is 9. The van der Waals surface area contributed by atoms with E-state index < -0.39 is 0 Å². The molecule has 3 rings (SSSR count). The van der Waals surface area contributed by atoms with Crippen LogP contribution < -0.4 is 16.0 Å². The predicted octanol–water partition coefficient (Wildman–Crippen LogP) is 2.92. The van der Waals surface area contributed by atoms with E-state index in [2.05, 4.69) is 16.0 Å². The molecule has 1 heterocycles. The summed E-state index contributed by atoms with van der Waals surface area (Å²) in [5, 5.41) is 12.2. The molecule has 0 saturated heterocycles. The molecule has 0 atom stereocenters. The maximum Gasteiger partial charge on any atom is 0.252 e. The molecule has 0 spiro atoms. The first-order valence-electron chi connectivity index (χ1n) is 9.09. The number of anilines is 1. The van der Waals surface area contributed by atoms with Crippen LogP contribution in [0.5, 0.6) is 0 Å². The summed E-state index contributed by atoms with van der Waals surface area (Å²) in [7, 11) is 0. The van der Waals surface area contributed by atoms with Crippen LogP contribution in [0.4, 0.5) is 5.69 Å². The van der Waals surface area contributed by atoms with Crippen molar-refractivity contribution >= 4 is 34.7 Å². The van der Waals surface area contributed by atoms with Gasteiger partial charge in [-0.1, -0.05) is 12.1 Å². The first-order valence-corrected chi connectivity index (χ1v) is 10.0. The fraction of sp³-hybridized carbons (Fsp3) is 0.350. The van der Waals surface area contributed by atoms with Crippen molar-refractivity contribution in [1.29, 1.82) is 0 Å². The summed E-state index contributed by atoms with van der Waals surface area (Å²) >= 11 is 1.48. The van der Waals surface area contributed by atoms with Gasteiger partial charge in [0.2, 0.25) is 11.8 Å². The molecule has 27 heavy (non-hydrogen) atoms. The van der Waals surface area contributed by atoms with E-state index in [9.17, 15) is 14.4 Å². The smallest absolute Gasteiger partial charge is 0.252 e. The van der Waals surface area contributed by atoms with Gasteiger partial charge in [-0.15, -0.1) is 0 Å². The van der Waals surface area contributed by atoms with Gasteiger partial charge in [0, 0.05) is 42.1 Å². The molecule has 3 N–H and O–H groups in total. The number of hydrogen-bond donors (Lipinski definition) is 3. The van der Waals surface area contributed by atoms with E-state index in [1.54, 1.807) is 11.4 Å². The Bertz CT molecular complexity index is 783. The number of carbonyl (C=O) groups is 3. The molecule has 2 aromatic rings. The second-order valence-electron chi connectivity index (χ2n) is 6.61. The van der Waals surface area contributed by atoms with E-state index in [0.717, 1.165) is 24.1 Å². The molecule has 1 fully saturated rings. The van der Waals surface area contributed by atoms with Crippen molar-refractivity contribution in [2.75, 3.05) is 11.9 Å². The third kappa shape index (κ3) is 6.21. The number of nitrogens with one attached hydrogen (secondary N) is 3. The number of hydrogen-bond acceptors (Lipinski definition) is 4. The van der Waals surface area contributed by atoms with E-state index in [-0.39, 0.29) is 23.6 Å². The Balaban J connectivity index is 1.30. The molecule has 3 amide bonds. The van der Waals surface area contributed by atoms with Gasteiger partial charge in [0.1, 0.15) is 0 Å². The number of benzene rings is 1. The topological polar surface area (TPSA) is 87.3 Å².